The number of nitrogens with zero attached hydrogens (tertiary/aromatic N) is 1. The zero-order valence-electron chi connectivity index (χ0n) is 29.7. The van der Waals surface area contributed by atoms with Crippen LogP contribution in [0.5, 0.6) is 0 Å². The van der Waals surface area contributed by atoms with Crippen LogP contribution in [0.4, 0.5) is 5.69 Å². The monoisotopic (exact) mass is 629 g/mol. The van der Waals surface area contributed by atoms with Crippen molar-refractivity contribution in [3.8, 4) is 0 Å². The predicted octanol–water partition coefficient (Wildman–Crippen LogP) is 12.5. The molecule has 1 aliphatic carbocycles. The maximum atomic E-state index is 4.63. The molecule has 1 unspecified atom stereocenters. The highest BCUT2D eigenvalue weighted by Gasteiger charge is 2.45. The lowest BCUT2D eigenvalue weighted by Crippen LogP contribution is -2.34. The Morgan fingerprint density at radius 2 is 1.54 bits per heavy atom. The summed E-state index contributed by atoms with van der Waals surface area (Å²) in [6.45, 7) is 17.2. The lowest BCUT2D eigenvalue weighted by atomic mass is 9.74. The summed E-state index contributed by atoms with van der Waals surface area (Å²) in [6, 6.07) is 36.4. The molecule has 1 aliphatic heterocycles. The van der Waals surface area contributed by atoms with E-state index in [-0.39, 0.29) is 10.8 Å². The van der Waals surface area contributed by atoms with Crippen molar-refractivity contribution in [3.05, 3.63) is 161 Å². The molecule has 2 aliphatic rings. The summed E-state index contributed by atoms with van der Waals surface area (Å²) >= 11 is 0. The third kappa shape index (κ3) is 5.94. The average Bonchev–Trinajstić information content (AvgIpc) is 3.32. The van der Waals surface area contributed by atoms with Crippen molar-refractivity contribution in [1.29, 1.82) is 0 Å². The molecule has 244 valence electrons. The van der Waals surface area contributed by atoms with Gasteiger partial charge in [-0.25, -0.2) is 0 Å². The highest BCUT2D eigenvalue weighted by Crippen LogP contribution is 2.53. The van der Waals surface area contributed by atoms with Crippen LogP contribution in [-0.4, -0.2) is 6.54 Å². The molecule has 0 saturated heterocycles. The van der Waals surface area contributed by atoms with E-state index in [1.807, 2.05) is 0 Å². The van der Waals surface area contributed by atoms with E-state index in [9.17, 15) is 0 Å². The number of aryl methyl sites for hydroxylation is 2. The Balaban J connectivity index is 1.35. The molecule has 1 nitrogen and oxygen atoms in total. The van der Waals surface area contributed by atoms with Crippen molar-refractivity contribution in [2.24, 2.45) is 5.92 Å². The molecule has 1 saturated carbocycles. The number of benzene rings is 5. The Bertz CT molecular complexity index is 2050. The molecule has 48 heavy (non-hydrogen) atoms. The standard InChI is InChI=1S/C47H51N/c1-33-23-24-34(2)42(29-33)46(4,5)35(3)15-14-22-44-47(6,31-37-25-26-38-18-10-11-20-40(38)30-37)45-41-21-13-12-19-39(41)27-28-43(45)48(44)32-36-16-8-7-9-17-36/h10-15,18-30,36H,3,7-9,16-17,31-32H2,1-2,4-6H3/b15-14+,44-22+. The van der Waals surface area contributed by atoms with Gasteiger partial charge in [-0.15, -0.1) is 0 Å². The quantitative estimate of drug-likeness (QED) is 0.154. The predicted molar refractivity (Wildman–Crippen MR) is 208 cm³/mol. The van der Waals surface area contributed by atoms with Crippen molar-refractivity contribution in [2.75, 3.05) is 11.4 Å². The first kappa shape index (κ1) is 32.2. The van der Waals surface area contributed by atoms with Crippen molar-refractivity contribution in [1.82, 2.24) is 0 Å². The van der Waals surface area contributed by atoms with Gasteiger partial charge in [0, 0.05) is 28.8 Å². The fraction of sp³-hybridized carbons (Fsp3) is 0.319. The van der Waals surface area contributed by atoms with Gasteiger partial charge in [0.15, 0.2) is 0 Å². The van der Waals surface area contributed by atoms with E-state index in [1.165, 1.54) is 92.9 Å². The van der Waals surface area contributed by atoms with Crippen LogP contribution in [0.15, 0.2) is 133 Å². The molecule has 0 N–H and O–H groups in total. The molecule has 5 aromatic rings. The second-order valence-electron chi connectivity index (χ2n) is 15.4. The van der Waals surface area contributed by atoms with Gasteiger partial charge in [0.25, 0.3) is 0 Å². The van der Waals surface area contributed by atoms with Gasteiger partial charge >= 0.3 is 0 Å². The highest BCUT2D eigenvalue weighted by molar-refractivity contribution is 5.95. The Kier molecular flexibility index (Phi) is 8.67. The normalized spacial score (nSPS) is 19.5. The van der Waals surface area contributed by atoms with Crippen molar-refractivity contribution < 1.29 is 0 Å². The number of hydrogen-bond acceptors (Lipinski definition) is 1. The molecule has 1 heteroatoms. The topological polar surface area (TPSA) is 3.24 Å². The molecule has 7 rings (SSSR count). The van der Waals surface area contributed by atoms with E-state index in [4.69, 9.17) is 0 Å². The van der Waals surface area contributed by atoms with Gasteiger partial charge in [0.05, 0.1) is 0 Å². The summed E-state index contributed by atoms with van der Waals surface area (Å²) in [5.41, 5.74) is 10.4. The van der Waals surface area contributed by atoms with Crippen molar-refractivity contribution in [2.45, 2.75) is 84.0 Å². The molecule has 0 radical (unpaired) electrons. The summed E-state index contributed by atoms with van der Waals surface area (Å²) in [5, 5.41) is 5.30. The molecule has 1 heterocycles. The molecule has 0 aromatic heterocycles. The third-order valence-electron chi connectivity index (χ3n) is 11.6. The van der Waals surface area contributed by atoms with Gasteiger partial charge < -0.3 is 4.90 Å². The van der Waals surface area contributed by atoms with E-state index in [1.54, 1.807) is 0 Å². The fourth-order valence-corrected chi connectivity index (χ4v) is 8.70. The van der Waals surface area contributed by atoms with Crippen LogP contribution in [-0.2, 0) is 17.3 Å². The van der Waals surface area contributed by atoms with Crippen molar-refractivity contribution in [3.63, 3.8) is 0 Å². The number of anilines is 1. The van der Waals surface area contributed by atoms with E-state index >= 15 is 0 Å². The van der Waals surface area contributed by atoms with Crippen molar-refractivity contribution >= 4 is 27.2 Å². The molecular weight excluding hydrogens is 579 g/mol. The Labute approximate surface area is 288 Å². The Hall–Kier alpha value is -4.36. The first-order valence-corrected chi connectivity index (χ1v) is 18.1. The van der Waals surface area contributed by atoms with E-state index < -0.39 is 0 Å². The van der Waals surface area contributed by atoms with Crippen LogP contribution < -0.4 is 4.90 Å². The first-order chi connectivity index (χ1) is 23.1. The lowest BCUT2D eigenvalue weighted by molar-refractivity contribution is 0.361. The Morgan fingerprint density at radius 3 is 2.33 bits per heavy atom. The number of rotatable bonds is 8. The van der Waals surface area contributed by atoms with Crippen LogP contribution in [0.3, 0.4) is 0 Å². The molecule has 0 spiro atoms. The van der Waals surface area contributed by atoms with Gasteiger partial charge in [0.1, 0.15) is 0 Å². The summed E-state index contributed by atoms with van der Waals surface area (Å²) < 4.78 is 0. The lowest BCUT2D eigenvalue weighted by Gasteiger charge is -2.34. The van der Waals surface area contributed by atoms with E-state index in [2.05, 4.69) is 161 Å². The first-order valence-electron chi connectivity index (χ1n) is 18.1. The van der Waals surface area contributed by atoms with Crippen LogP contribution in [0.2, 0.25) is 0 Å². The summed E-state index contributed by atoms with van der Waals surface area (Å²) in [7, 11) is 0. The number of hydrogen-bond donors (Lipinski definition) is 0. The van der Waals surface area contributed by atoms with Crippen LogP contribution in [0.1, 0.15) is 80.7 Å². The van der Waals surface area contributed by atoms with Gasteiger partial charge in [-0.1, -0.05) is 148 Å². The summed E-state index contributed by atoms with van der Waals surface area (Å²) in [5.74, 6) is 0.715. The summed E-state index contributed by atoms with van der Waals surface area (Å²) in [4.78, 5) is 2.71. The van der Waals surface area contributed by atoms with Gasteiger partial charge in [-0.3, -0.25) is 0 Å². The van der Waals surface area contributed by atoms with Crippen LogP contribution >= 0.6 is 0 Å². The summed E-state index contributed by atoms with van der Waals surface area (Å²) in [6.07, 6.45) is 14.7. The smallest absolute Gasteiger partial charge is 0.0457 e. The Morgan fingerprint density at radius 1 is 0.833 bits per heavy atom. The zero-order valence-corrected chi connectivity index (χ0v) is 29.7. The van der Waals surface area contributed by atoms with Gasteiger partial charge in [0.2, 0.25) is 0 Å². The maximum absolute atomic E-state index is 4.63. The van der Waals surface area contributed by atoms with Crippen LogP contribution in [0.25, 0.3) is 21.5 Å². The maximum Gasteiger partial charge on any atom is 0.0457 e. The molecular formula is C47H51N. The van der Waals surface area contributed by atoms with E-state index in [0.29, 0.717) is 5.92 Å². The van der Waals surface area contributed by atoms with Gasteiger partial charge in [-0.2, -0.15) is 0 Å². The number of allylic oxidation sites excluding steroid dienone is 5. The molecule has 1 atom stereocenters. The second-order valence-corrected chi connectivity index (χ2v) is 15.4. The highest BCUT2D eigenvalue weighted by atomic mass is 15.2. The van der Waals surface area contributed by atoms with E-state index in [0.717, 1.165) is 18.5 Å². The molecule has 5 aromatic carbocycles. The second kappa shape index (κ2) is 12.9. The zero-order chi connectivity index (χ0) is 33.5. The minimum Gasteiger partial charge on any atom is -0.344 e. The minimum atomic E-state index is -0.207. The average molecular weight is 630 g/mol. The number of fused-ring (bicyclic) bond motifs is 4. The fourth-order valence-electron chi connectivity index (χ4n) is 8.70. The van der Waals surface area contributed by atoms with Gasteiger partial charge in [-0.05, 0) is 107 Å². The third-order valence-corrected chi connectivity index (χ3v) is 11.6. The SMILES string of the molecule is C=C(/C=C/C=C1/N(CC2CCCCC2)c2ccc3ccccc3c2C1(C)Cc1ccc2ccccc2c1)C(C)(C)c1cc(C)ccc1C. The molecule has 1 fully saturated rings. The molecule has 0 amide bonds. The molecule has 0 bridgehead atoms. The largest absolute Gasteiger partial charge is 0.344 e. The van der Waals surface area contributed by atoms with Crippen LogP contribution in [0, 0.1) is 19.8 Å². The minimum absolute atomic E-state index is 0.171.